The number of unbranched alkanes of at least 4 members (excludes halogenated alkanes) is 1. The van der Waals surface area contributed by atoms with Crippen LogP contribution in [0, 0.1) is 13.8 Å². The molecule has 0 fully saturated rings. The topological polar surface area (TPSA) is 73.1 Å². The molecular weight excluding hydrogens is 228 g/mol. The molecule has 102 valence electrons. The van der Waals surface area contributed by atoms with Gasteiger partial charge in [-0.25, -0.2) is 9.97 Å². The van der Waals surface area contributed by atoms with Crippen molar-refractivity contribution >= 4 is 11.6 Å². The van der Waals surface area contributed by atoms with Crippen molar-refractivity contribution in [3.05, 3.63) is 11.4 Å². The van der Waals surface area contributed by atoms with Crippen LogP contribution in [0.15, 0.2) is 0 Å². The summed E-state index contributed by atoms with van der Waals surface area (Å²) >= 11 is 0. The molecule has 0 aliphatic carbocycles. The fourth-order valence-electron chi connectivity index (χ4n) is 1.55. The summed E-state index contributed by atoms with van der Waals surface area (Å²) in [6, 6.07) is 0. The van der Waals surface area contributed by atoms with Crippen LogP contribution >= 0.6 is 0 Å². The van der Waals surface area contributed by atoms with Gasteiger partial charge in [-0.15, -0.1) is 0 Å². The highest BCUT2D eigenvalue weighted by molar-refractivity contribution is 5.54. The van der Waals surface area contributed by atoms with Gasteiger partial charge in [0.05, 0.1) is 0 Å². The smallest absolute Gasteiger partial charge is 0.134 e. The maximum absolute atomic E-state index is 5.79. The Morgan fingerprint density at radius 2 is 1.89 bits per heavy atom. The average molecular weight is 252 g/mol. The second kappa shape index (κ2) is 7.87. The van der Waals surface area contributed by atoms with Crippen molar-refractivity contribution in [2.45, 2.75) is 40.0 Å². The third kappa shape index (κ3) is 4.87. The lowest BCUT2D eigenvalue weighted by atomic mass is 10.3. The normalized spacial score (nSPS) is 10.6. The van der Waals surface area contributed by atoms with Crippen LogP contribution in [0.25, 0.3) is 0 Å². The molecule has 1 aromatic rings. The zero-order valence-corrected chi connectivity index (χ0v) is 11.6. The van der Waals surface area contributed by atoms with Crippen molar-refractivity contribution in [2.24, 2.45) is 0 Å². The van der Waals surface area contributed by atoms with Crippen LogP contribution in [-0.4, -0.2) is 29.7 Å². The van der Waals surface area contributed by atoms with Gasteiger partial charge < -0.3 is 15.8 Å². The second-order valence-electron chi connectivity index (χ2n) is 4.38. The minimum atomic E-state index is 0.546. The van der Waals surface area contributed by atoms with Gasteiger partial charge in [0.1, 0.15) is 17.5 Å². The van der Waals surface area contributed by atoms with Crippen LogP contribution in [0.2, 0.25) is 0 Å². The van der Waals surface area contributed by atoms with Gasteiger partial charge in [-0.05, 0) is 26.7 Å². The van der Waals surface area contributed by atoms with Gasteiger partial charge in [0, 0.05) is 25.3 Å². The predicted octanol–water partition coefficient (Wildman–Crippen LogP) is 2.29. The molecule has 0 saturated carbocycles. The molecule has 0 radical (unpaired) electrons. The molecule has 18 heavy (non-hydrogen) atoms. The molecule has 0 saturated heterocycles. The SMILES string of the molecule is CCCCOCCCNc1nc(C)nc(N)c1C. The van der Waals surface area contributed by atoms with Crippen molar-refractivity contribution in [1.29, 1.82) is 0 Å². The first-order valence-electron chi connectivity index (χ1n) is 6.57. The number of nitrogens with one attached hydrogen (secondary N) is 1. The minimum Gasteiger partial charge on any atom is -0.383 e. The van der Waals surface area contributed by atoms with Gasteiger partial charge in [0.15, 0.2) is 0 Å². The molecule has 0 amide bonds. The van der Waals surface area contributed by atoms with E-state index in [1.807, 2.05) is 13.8 Å². The molecule has 0 aliphatic rings. The summed E-state index contributed by atoms with van der Waals surface area (Å²) in [6.07, 6.45) is 3.28. The number of aromatic nitrogens is 2. The Labute approximate surface area is 109 Å². The van der Waals surface area contributed by atoms with E-state index in [1.54, 1.807) is 0 Å². The molecule has 0 aromatic carbocycles. The van der Waals surface area contributed by atoms with Gasteiger partial charge in [-0.1, -0.05) is 13.3 Å². The van der Waals surface area contributed by atoms with E-state index >= 15 is 0 Å². The third-order valence-corrected chi connectivity index (χ3v) is 2.70. The highest BCUT2D eigenvalue weighted by Gasteiger charge is 2.05. The van der Waals surface area contributed by atoms with Crippen LogP contribution in [0.1, 0.15) is 37.6 Å². The van der Waals surface area contributed by atoms with E-state index in [9.17, 15) is 0 Å². The average Bonchev–Trinajstić information content (AvgIpc) is 2.33. The lowest BCUT2D eigenvalue weighted by molar-refractivity contribution is 0.131. The molecule has 5 heteroatoms. The third-order valence-electron chi connectivity index (χ3n) is 2.70. The number of hydrogen-bond donors (Lipinski definition) is 2. The van der Waals surface area contributed by atoms with Crippen molar-refractivity contribution in [3.63, 3.8) is 0 Å². The van der Waals surface area contributed by atoms with E-state index in [4.69, 9.17) is 10.5 Å². The minimum absolute atomic E-state index is 0.546. The summed E-state index contributed by atoms with van der Waals surface area (Å²) in [7, 11) is 0. The first-order valence-corrected chi connectivity index (χ1v) is 6.57. The molecule has 1 heterocycles. The summed E-state index contributed by atoms with van der Waals surface area (Å²) in [5.41, 5.74) is 6.70. The van der Waals surface area contributed by atoms with E-state index in [2.05, 4.69) is 22.2 Å². The number of rotatable bonds is 8. The predicted molar refractivity (Wildman–Crippen MR) is 74.8 cm³/mol. The first-order chi connectivity index (χ1) is 8.65. The molecule has 0 unspecified atom stereocenters. The van der Waals surface area contributed by atoms with E-state index in [-0.39, 0.29) is 0 Å². The van der Waals surface area contributed by atoms with Gasteiger partial charge in [0.2, 0.25) is 0 Å². The molecule has 0 aliphatic heterocycles. The van der Waals surface area contributed by atoms with E-state index in [1.165, 1.54) is 6.42 Å². The summed E-state index contributed by atoms with van der Waals surface area (Å²) in [6.45, 7) is 8.41. The van der Waals surface area contributed by atoms with Crippen LogP contribution in [0.3, 0.4) is 0 Å². The van der Waals surface area contributed by atoms with Gasteiger partial charge in [-0.2, -0.15) is 0 Å². The Balaban J connectivity index is 2.27. The summed E-state index contributed by atoms with van der Waals surface area (Å²) in [5, 5.41) is 3.27. The standard InChI is InChI=1S/C13H24N4O/c1-4-5-8-18-9-6-7-15-13-10(2)12(14)16-11(3)17-13/h4-9H2,1-3H3,(H3,14,15,16,17). The molecule has 1 rings (SSSR count). The van der Waals surface area contributed by atoms with Gasteiger partial charge in [0.25, 0.3) is 0 Å². The Morgan fingerprint density at radius 1 is 1.17 bits per heavy atom. The van der Waals surface area contributed by atoms with E-state index in [0.717, 1.165) is 44.0 Å². The number of ether oxygens (including phenoxy) is 1. The Kier molecular flexibility index (Phi) is 6.43. The zero-order valence-electron chi connectivity index (χ0n) is 11.6. The monoisotopic (exact) mass is 252 g/mol. The van der Waals surface area contributed by atoms with Gasteiger partial charge in [-0.3, -0.25) is 0 Å². The quantitative estimate of drug-likeness (QED) is 0.694. The lowest BCUT2D eigenvalue weighted by Gasteiger charge is -2.10. The summed E-state index contributed by atoms with van der Waals surface area (Å²) in [5.74, 6) is 2.07. The molecule has 3 N–H and O–H groups in total. The fraction of sp³-hybridized carbons (Fsp3) is 0.692. The molecule has 5 nitrogen and oxygen atoms in total. The number of hydrogen-bond acceptors (Lipinski definition) is 5. The highest BCUT2D eigenvalue weighted by Crippen LogP contribution is 2.16. The molecule has 0 spiro atoms. The number of anilines is 2. The Hall–Kier alpha value is -1.36. The number of nitrogen functional groups attached to an aromatic ring is 1. The van der Waals surface area contributed by atoms with Crippen molar-refractivity contribution in [2.75, 3.05) is 30.8 Å². The highest BCUT2D eigenvalue weighted by atomic mass is 16.5. The van der Waals surface area contributed by atoms with E-state index < -0.39 is 0 Å². The maximum Gasteiger partial charge on any atom is 0.134 e. The lowest BCUT2D eigenvalue weighted by Crippen LogP contribution is -2.11. The van der Waals surface area contributed by atoms with E-state index in [0.29, 0.717) is 11.6 Å². The van der Waals surface area contributed by atoms with Crippen LogP contribution in [-0.2, 0) is 4.74 Å². The summed E-state index contributed by atoms with van der Waals surface area (Å²) < 4.78 is 5.49. The van der Waals surface area contributed by atoms with Crippen molar-refractivity contribution < 1.29 is 4.74 Å². The van der Waals surface area contributed by atoms with Crippen LogP contribution in [0.5, 0.6) is 0 Å². The largest absolute Gasteiger partial charge is 0.383 e. The molecule has 1 aromatic heterocycles. The molecular formula is C13H24N4O. The molecule has 0 atom stereocenters. The Bertz CT molecular complexity index is 368. The number of nitrogens with two attached hydrogens (primary N) is 1. The van der Waals surface area contributed by atoms with Gasteiger partial charge >= 0.3 is 0 Å². The first kappa shape index (κ1) is 14.7. The number of nitrogens with zero attached hydrogens (tertiary/aromatic N) is 2. The van der Waals surface area contributed by atoms with Crippen molar-refractivity contribution in [3.8, 4) is 0 Å². The van der Waals surface area contributed by atoms with Crippen molar-refractivity contribution in [1.82, 2.24) is 9.97 Å². The maximum atomic E-state index is 5.79. The molecule has 0 bridgehead atoms. The second-order valence-corrected chi connectivity index (χ2v) is 4.38. The van der Waals surface area contributed by atoms with Crippen LogP contribution < -0.4 is 11.1 Å². The fourth-order valence-corrected chi connectivity index (χ4v) is 1.55. The summed E-state index contributed by atoms with van der Waals surface area (Å²) in [4.78, 5) is 8.45. The number of aryl methyl sites for hydroxylation is 1. The Morgan fingerprint density at radius 3 is 2.61 bits per heavy atom. The zero-order chi connectivity index (χ0) is 13.4. The van der Waals surface area contributed by atoms with Crippen LogP contribution in [0.4, 0.5) is 11.6 Å².